The average Bonchev–Trinajstić information content (AvgIpc) is 2.79. The largest absolute Gasteiger partial charge is 0.480 e. The van der Waals surface area contributed by atoms with Gasteiger partial charge in [-0.25, -0.2) is 4.79 Å². The molecular weight excluding hydrogens is 406 g/mol. The van der Waals surface area contributed by atoms with Crippen LogP contribution in [0.4, 0.5) is 0 Å². The quantitative estimate of drug-likeness (QED) is 0.469. The third kappa shape index (κ3) is 5.17. The van der Waals surface area contributed by atoms with Crippen molar-refractivity contribution in [3.63, 3.8) is 0 Å². The molecule has 1 atom stereocenters. The Balaban J connectivity index is 2.02. The van der Waals surface area contributed by atoms with E-state index < -0.39 is 16.8 Å². The van der Waals surface area contributed by atoms with Crippen molar-refractivity contribution >= 4 is 23.6 Å². The van der Waals surface area contributed by atoms with Crippen LogP contribution in [0.15, 0.2) is 91.0 Å². The second kappa shape index (κ2) is 10.3. The molecule has 4 nitrogen and oxygen atoms in total. The third-order valence-corrected chi connectivity index (χ3v) is 6.76. The van der Waals surface area contributed by atoms with E-state index in [0.717, 1.165) is 16.7 Å². The van der Waals surface area contributed by atoms with Crippen molar-refractivity contribution in [2.24, 2.45) is 5.92 Å². The topological polar surface area (TPSA) is 66.4 Å². The van der Waals surface area contributed by atoms with Crippen LogP contribution in [0.3, 0.4) is 0 Å². The number of thioether (sulfide) groups is 1. The average molecular weight is 434 g/mol. The zero-order chi connectivity index (χ0) is 22.3. The summed E-state index contributed by atoms with van der Waals surface area (Å²) in [5.74, 6) is -1.39. The van der Waals surface area contributed by atoms with Gasteiger partial charge < -0.3 is 10.4 Å². The normalized spacial score (nSPS) is 12.4. The minimum Gasteiger partial charge on any atom is -0.480 e. The van der Waals surface area contributed by atoms with Crippen LogP contribution < -0.4 is 5.32 Å². The molecule has 0 spiro atoms. The summed E-state index contributed by atoms with van der Waals surface area (Å²) in [5, 5.41) is 12.1. The molecular formula is C26H27NO3S. The molecule has 2 N–H and O–H groups in total. The van der Waals surface area contributed by atoms with Crippen LogP contribution in [0.2, 0.25) is 0 Å². The van der Waals surface area contributed by atoms with Gasteiger partial charge >= 0.3 is 5.97 Å². The summed E-state index contributed by atoms with van der Waals surface area (Å²) in [5.41, 5.74) is 3.18. The summed E-state index contributed by atoms with van der Waals surface area (Å²) >= 11 is 1.50. The molecule has 0 aliphatic heterocycles. The number of carbonyl (C=O) groups is 2. The zero-order valence-corrected chi connectivity index (χ0v) is 18.5. The van der Waals surface area contributed by atoms with E-state index in [1.807, 2.05) is 54.6 Å². The summed E-state index contributed by atoms with van der Waals surface area (Å²) in [4.78, 5) is 24.3. The molecule has 0 saturated carbocycles. The van der Waals surface area contributed by atoms with E-state index in [4.69, 9.17) is 0 Å². The second-order valence-electron chi connectivity index (χ2n) is 7.70. The Morgan fingerprint density at radius 3 is 1.52 bits per heavy atom. The highest BCUT2D eigenvalue weighted by molar-refractivity contribution is 8.01. The molecule has 0 aliphatic rings. The molecule has 0 heterocycles. The lowest BCUT2D eigenvalue weighted by Crippen LogP contribution is -2.45. The lowest BCUT2D eigenvalue weighted by Gasteiger charge is -2.35. The van der Waals surface area contributed by atoms with E-state index in [2.05, 4.69) is 41.7 Å². The summed E-state index contributed by atoms with van der Waals surface area (Å²) in [6, 6.07) is 29.4. The highest BCUT2D eigenvalue weighted by Gasteiger charge is 2.37. The van der Waals surface area contributed by atoms with Crippen LogP contribution in [0.5, 0.6) is 0 Å². The number of carboxylic acid groups (broad SMARTS) is 1. The maximum atomic E-state index is 12.8. The second-order valence-corrected chi connectivity index (χ2v) is 8.89. The maximum absolute atomic E-state index is 12.8. The lowest BCUT2D eigenvalue weighted by molar-refractivity contribution is -0.142. The first kappa shape index (κ1) is 22.6. The van der Waals surface area contributed by atoms with Gasteiger partial charge in [0.15, 0.2) is 0 Å². The fraction of sp³-hybridized carbons (Fsp3) is 0.231. The Labute approximate surface area is 187 Å². The first-order valence-corrected chi connectivity index (χ1v) is 11.3. The van der Waals surface area contributed by atoms with Crippen LogP contribution in [0, 0.1) is 5.92 Å². The monoisotopic (exact) mass is 433 g/mol. The van der Waals surface area contributed by atoms with Gasteiger partial charge in [-0.2, -0.15) is 0 Å². The van der Waals surface area contributed by atoms with E-state index in [-0.39, 0.29) is 17.6 Å². The van der Waals surface area contributed by atoms with E-state index in [9.17, 15) is 14.7 Å². The molecule has 31 heavy (non-hydrogen) atoms. The zero-order valence-electron chi connectivity index (χ0n) is 17.7. The van der Waals surface area contributed by atoms with Gasteiger partial charge in [0.2, 0.25) is 5.91 Å². The Hall–Kier alpha value is -3.05. The molecule has 5 heteroatoms. The van der Waals surface area contributed by atoms with E-state index in [1.165, 1.54) is 11.8 Å². The number of aliphatic carboxylic acids is 1. The van der Waals surface area contributed by atoms with Crippen LogP contribution in [0.1, 0.15) is 30.5 Å². The minimum atomic E-state index is -1.02. The van der Waals surface area contributed by atoms with Gasteiger partial charge in [-0.05, 0) is 22.6 Å². The van der Waals surface area contributed by atoms with Crippen LogP contribution in [-0.4, -0.2) is 28.8 Å². The third-order valence-electron chi connectivity index (χ3n) is 5.21. The van der Waals surface area contributed by atoms with E-state index >= 15 is 0 Å². The molecule has 1 amide bonds. The Bertz CT molecular complexity index is 894. The maximum Gasteiger partial charge on any atom is 0.326 e. The first-order valence-electron chi connectivity index (χ1n) is 10.3. The number of carboxylic acids is 1. The van der Waals surface area contributed by atoms with Crippen molar-refractivity contribution in [2.75, 3.05) is 5.75 Å². The van der Waals surface area contributed by atoms with Crippen molar-refractivity contribution in [1.82, 2.24) is 5.32 Å². The molecule has 0 bridgehead atoms. The van der Waals surface area contributed by atoms with Gasteiger partial charge in [0.1, 0.15) is 6.04 Å². The molecule has 0 radical (unpaired) electrons. The molecule has 0 unspecified atom stereocenters. The predicted octanol–water partition coefficient (Wildman–Crippen LogP) is 4.94. The van der Waals surface area contributed by atoms with Crippen molar-refractivity contribution in [3.8, 4) is 0 Å². The van der Waals surface area contributed by atoms with E-state index in [1.54, 1.807) is 13.8 Å². The van der Waals surface area contributed by atoms with Gasteiger partial charge in [-0.3, -0.25) is 4.79 Å². The highest BCUT2D eigenvalue weighted by atomic mass is 32.2. The summed E-state index contributed by atoms with van der Waals surface area (Å²) in [7, 11) is 0. The minimum absolute atomic E-state index is 0.120. The van der Waals surface area contributed by atoms with Crippen LogP contribution >= 0.6 is 11.8 Å². The fourth-order valence-corrected chi connectivity index (χ4v) is 5.01. The van der Waals surface area contributed by atoms with Crippen molar-refractivity contribution in [2.45, 2.75) is 24.6 Å². The molecule has 3 aromatic rings. The van der Waals surface area contributed by atoms with Gasteiger partial charge in [0.25, 0.3) is 0 Å². The number of amides is 1. The molecule has 0 aromatic heterocycles. The Morgan fingerprint density at radius 2 is 1.19 bits per heavy atom. The van der Waals surface area contributed by atoms with Crippen LogP contribution in [-0.2, 0) is 14.3 Å². The number of rotatable bonds is 9. The number of hydrogen-bond acceptors (Lipinski definition) is 3. The standard InChI is InChI=1S/C26H27NO3S/c1-19(2)24(25(29)30)27-23(28)18-31-26(20-12-6-3-7-13-20,21-14-8-4-9-15-21)22-16-10-5-11-17-22/h3-17,19,24H,18H2,1-2H3,(H,27,28)(H,29,30)/t24-/m0/s1. The van der Waals surface area contributed by atoms with E-state index in [0.29, 0.717) is 0 Å². The molecule has 0 aliphatic carbocycles. The van der Waals surface area contributed by atoms with Gasteiger partial charge in [0, 0.05) is 0 Å². The summed E-state index contributed by atoms with van der Waals surface area (Å²) in [6.07, 6.45) is 0. The summed E-state index contributed by atoms with van der Waals surface area (Å²) < 4.78 is -0.613. The van der Waals surface area contributed by atoms with Crippen LogP contribution in [0.25, 0.3) is 0 Å². The number of carbonyl (C=O) groups excluding carboxylic acids is 1. The first-order chi connectivity index (χ1) is 14.9. The van der Waals surface area contributed by atoms with Gasteiger partial charge in [0.05, 0.1) is 10.5 Å². The molecule has 0 fully saturated rings. The summed E-state index contributed by atoms with van der Waals surface area (Å²) in [6.45, 7) is 3.57. The SMILES string of the molecule is CC(C)[C@H](NC(=O)CSC(c1ccccc1)(c1ccccc1)c1ccccc1)C(=O)O. The Kier molecular flexibility index (Phi) is 7.53. The molecule has 3 aromatic carbocycles. The lowest BCUT2D eigenvalue weighted by atomic mass is 9.84. The molecule has 3 rings (SSSR count). The Morgan fingerprint density at radius 1 is 0.806 bits per heavy atom. The number of hydrogen-bond donors (Lipinski definition) is 2. The van der Waals surface area contributed by atoms with Crippen molar-refractivity contribution in [1.29, 1.82) is 0 Å². The van der Waals surface area contributed by atoms with Gasteiger partial charge in [-0.1, -0.05) is 105 Å². The smallest absolute Gasteiger partial charge is 0.326 e. The molecule has 160 valence electrons. The highest BCUT2D eigenvalue weighted by Crippen LogP contribution is 2.48. The molecule has 0 saturated heterocycles. The van der Waals surface area contributed by atoms with Gasteiger partial charge in [-0.15, -0.1) is 11.8 Å². The predicted molar refractivity (Wildman–Crippen MR) is 126 cm³/mol. The van der Waals surface area contributed by atoms with Crippen molar-refractivity contribution < 1.29 is 14.7 Å². The fourth-order valence-electron chi connectivity index (χ4n) is 3.67. The number of nitrogens with one attached hydrogen (secondary N) is 1. The van der Waals surface area contributed by atoms with Crippen molar-refractivity contribution in [3.05, 3.63) is 108 Å². The number of benzene rings is 3.